The van der Waals surface area contributed by atoms with Gasteiger partial charge in [0.25, 0.3) is 5.91 Å². The Morgan fingerprint density at radius 2 is 1.64 bits per heavy atom. The van der Waals surface area contributed by atoms with Crippen LogP contribution in [-0.2, 0) is 10.0 Å². The summed E-state index contributed by atoms with van der Waals surface area (Å²) in [5.41, 5.74) is 1.98. The van der Waals surface area contributed by atoms with E-state index in [-0.39, 0.29) is 10.8 Å². The number of sulfonamides is 1. The van der Waals surface area contributed by atoms with Crippen molar-refractivity contribution in [3.63, 3.8) is 0 Å². The number of hydrogen-bond acceptors (Lipinski definition) is 5. The van der Waals surface area contributed by atoms with Gasteiger partial charge in [-0.3, -0.25) is 9.78 Å². The molecule has 1 aliphatic heterocycles. The smallest absolute Gasteiger partial charge is 0.254 e. The number of benzene rings is 2. The van der Waals surface area contributed by atoms with Crippen molar-refractivity contribution in [3.8, 4) is 0 Å². The van der Waals surface area contributed by atoms with Gasteiger partial charge in [0, 0.05) is 45.0 Å². The van der Waals surface area contributed by atoms with Crippen LogP contribution in [0.1, 0.15) is 27.7 Å². The first-order chi connectivity index (χ1) is 15.9. The molecule has 1 unspecified atom stereocenters. The predicted molar refractivity (Wildman–Crippen MR) is 127 cm³/mol. The van der Waals surface area contributed by atoms with E-state index in [2.05, 4.69) is 9.88 Å². The largest absolute Gasteiger partial charge is 0.329 e. The molecule has 4 rings (SSSR count). The zero-order chi connectivity index (χ0) is 23.4. The molecule has 7 nitrogen and oxygen atoms in total. The van der Waals surface area contributed by atoms with Gasteiger partial charge in [-0.2, -0.15) is 4.31 Å². The quantitative estimate of drug-likeness (QED) is 0.561. The predicted octanol–water partition coefficient (Wildman–Crippen LogP) is 2.88. The summed E-state index contributed by atoms with van der Waals surface area (Å²) in [6.45, 7) is 2.24. The van der Waals surface area contributed by atoms with Gasteiger partial charge in [0.2, 0.25) is 10.0 Å². The topological polar surface area (TPSA) is 73.8 Å². The van der Waals surface area contributed by atoms with Crippen LogP contribution in [0.3, 0.4) is 0 Å². The van der Waals surface area contributed by atoms with E-state index < -0.39 is 16.1 Å². The fourth-order valence-electron chi connectivity index (χ4n) is 4.05. The van der Waals surface area contributed by atoms with Crippen LogP contribution >= 0.6 is 0 Å². The van der Waals surface area contributed by atoms with Crippen LogP contribution in [0.25, 0.3) is 0 Å². The summed E-state index contributed by atoms with van der Waals surface area (Å²) in [5.74, 6) is -0.273. The maximum Gasteiger partial charge on any atom is 0.254 e. The van der Waals surface area contributed by atoms with E-state index in [9.17, 15) is 13.2 Å². The summed E-state index contributed by atoms with van der Waals surface area (Å²) >= 11 is 0. The molecule has 0 N–H and O–H groups in total. The fourth-order valence-corrected chi connectivity index (χ4v) is 5.52. The van der Waals surface area contributed by atoms with Gasteiger partial charge in [-0.25, -0.2) is 8.42 Å². The zero-order valence-corrected chi connectivity index (χ0v) is 19.6. The molecule has 1 aromatic heterocycles. The summed E-state index contributed by atoms with van der Waals surface area (Å²) in [6, 6.07) is 21.2. The third-order valence-corrected chi connectivity index (χ3v) is 7.87. The van der Waals surface area contributed by atoms with E-state index >= 15 is 0 Å². The minimum Gasteiger partial charge on any atom is -0.329 e. The maximum absolute atomic E-state index is 13.5. The first kappa shape index (κ1) is 23.1. The number of aromatic nitrogens is 1. The molecule has 172 valence electrons. The molecule has 0 bridgehead atoms. The van der Waals surface area contributed by atoms with Gasteiger partial charge < -0.3 is 9.80 Å². The summed E-state index contributed by atoms with van der Waals surface area (Å²) in [7, 11) is 0.0264. The van der Waals surface area contributed by atoms with Crippen LogP contribution in [0.2, 0.25) is 0 Å². The second-order valence-corrected chi connectivity index (χ2v) is 10.2. The number of amides is 1. The highest BCUT2D eigenvalue weighted by atomic mass is 32.2. The molecule has 0 radical (unpaired) electrons. The average molecular weight is 465 g/mol. The molecular weight excluding hydrogens is 436 g/mol. The number of likely N-dealkylation sites (N-methyl/N-ethyl adjacent to an activating group) is 1. The number of nitrogens with zero attached hydrogens (tertiary/aromatic N) is 4. The Morgan fingerprint density at radius 1 is 0.939 bits per heavy atom. The lowest BCUT2D eigenvalue weighted by Crippen LogP contribution is -2.47. The number of piperazine rings is 1. The average Bonchev–Trinajstić information content (AvgIpc) is 2.85. The van der Waals surface area contributed by atoms with Crippen LogP contribution < -0.4 is 0 Å². The zero-order valence-electron chi connectivity index (χ0n) is 18.8. The van der Waals surface area contributed by atoms with Crippen molar-refractivity contribution in [2.75, 3.05) is 40.3 Å². The highest BCUT2D eigenvalue weighted by molar-refractivity contribution is 7.89. The summed E-state index contributed by atoms with van der Waals surface area (Å²) in [4.78, 5) is 21.8. The molecule has 3 aromatic rings. The third kappa shape index (κ3) is 4.98. The Labute approximate surface area is 195 Å². The molecular formula is C25H28N4O3S. The highest BCUT2D eigenvalue weighted by Crippen LogP contribution is 2.28. The van der Waals surface area contributed by atoms with Gasteiger partial charge in [0.1, 0.15) is 0 Å². The van der Waals surface area contributed by atoms with E-state index in [4.69, 9.17) is 0 Å². The Bertz CT molecular complexity index is 1160. The van der Waals surface area contributed by atoms with Crippen molar-refractivity contribution >= 4 is 15.9 Å². The first-order valence-electron chi connectivity index (χ1n) is 10.9. The maximum atomic E-state index is 13.5. The molecule has 1 saturated heterocycles. The number of rotatable bonds is 6. The molecule has 1 atom stereocenters. The van der Waals surface area contributed by atoms with Crippen molar-refractivity contribution in [2.45, 2.75) is 10.9 Å². The van der Waals surface area contributed by atoms with E-state index in [1.807, 2.05) is 55.6 Å². The van der Waals surface area contributed by atoms with E-state index in [1.54, 1.807) is 36.3 Å². The number of pyridine rings is 1. The molecule has 0 saturated carbocycles. The molecule has 0 spiro atoms. The minimum absolute atomic E-state index is 0.139. The van der Waals surface area contributed by atoms with Gasteiger partial charge in [-0.15, -0.1) is 0 Å². The molecule has 1 aliphatic rings. The SMILES string of the molecule is CN1CCN(S(=O)(=O)c2cccc(C(=O)N(C)C(c3ccccc3)c3ccccn3)c2)CC1. The lowest BCUT2D eigenvalue weighted by atomic mass is 10.0. The highest BCUT2D eigenvalue weighted by Gasteiger charge is 2.29. The molecule has 1 fully saturated rings. The lowest BCUT2D eigenvalue weighted by Gasteiger charge is -2.31. The Hall–Kier alpha value is -3.07. The second kappa shape index (κ2) is 9.82. The van der Waals surface area contributed by atoms with Crippen molar-refractivity contribution in [2.24, 2.45) is 0 Å². The van der Waals surface area contributed by atoms with E-state index in [0.717, 1.165) is 11.3 Å². The van der Waals surface area contributed by atoms with E-state index in [0.29, 0.717) is 31.7 Å². The van der Waals surface area contributed by atoms with Gasteiger partial charge >= 0.3 is 0 Å². The molecule has 2 aromatic carbocycles. The van der Waals surface area contributed by atoms with Gasteiger partial charge in [0.05, 0.1) is 16.6 Å². The van der Waals surface area contributed by atoms with E-state index in [1.165, 1.54) is 10.4 Å². The molecule has 1 amide bonds. The normalized spacial score (nSPS) is 16.3. The Balaban J connectivity index is 1.64. The van der Waals surface area contributed by atoms with Crippen LogP contribution in [0.5, 0.6) is 0 Å². The van der Waals surface area contributed by atoms with Crippen molar-refractivity contribution in [3.05, 3.63) is 95.8 Å². The third-order valence-electron chi connectivity index (χ3n) is 5.97. The molecule has 33 heavy (non-hydrogen) atoms. The molecule has 8 heteroatoms. The minimum atomic E-state index is -3.67. The van der Waals surface area contributed by atoms with Gasteiger partial charge in [0.15, 0.2) is 0 Å². The van der Waals surface area contributed by atoms with Crippen molar-refractivity contribution in [1.29, 1.82) is 0 Å². The van der Waals surface area contributed by atoms with Crippen molar-refractivity contribution < 1.29 is 13.2 Å². The lowest BCUT2D eigenvalue weighted by molar-refractivity contribution is 0.0752. The Kier molecular flexibility index (Phi) is 6.88. The molecule has 2 heterocycles. The standard InChI is InChI=1S/C25H28N4O3S/c1-27-15-17-29(18-16-27)33(31,32)22-12-8-11-21(19-22)25(30)28(2)24(20-9-4-3-5-10-20)23-13-6-7-14-26-23/h3-14,19,24H,15-18H2,1-2H3. The Morgan fingerprint density at radius 3 is 2.30 bits per heavy atom. The number of carbonyl (C=O) groups is 1. The van der Waals surface area contributed by atoms with Crippen LogP contribution in [0.4, 0.5) is 0 Å². The van der Waals surface area contributed by atoms with Crippen LogP contribution in [0.15, 0.2) is 83.9 Å². The van der Waals surface area contributed by atoms with Crippen LogP contribution in [-0.4, -0.2) is 73.7 Å². The summed E-state index contributed by atoms with van der Waals surface area (Å²) in [6.07, 6.45) is 1.70. The van der Waals surface area contributed by atoms with Crippen molar-refractivity contribution in [1.82, 2.24) is 19.1 Å². The second-order valence-electron chi connectivity index (χ2n) is 8.22. The molecule has 0 aliphatic carbocycles. The summed E-state index contributed by atoms with van der Waals surface area (Å²) < 4.78 is 27.9. The van der Waals surface area contributed by atoms with Gasteiger partial charge in [-0.1, -0.05) is 42.5 Å². The van der Waals surface area contributed by atoms with Gasteiger partial charge in [-0.05, 0) is 42.9 Å². The monoisotopic (exact) mass is 464 g/mol. The van der Waals surface area contributed by atoms with Crippen LogP contribution in [0, 0.1) is 0 Å². The number of carbonyl (C=O) groups excluding carboxylic acids is 1. The first-order valence-corrected chi connectivity index (χ1v) is 12.3. The number of hydrogen-bond donors (Lipinski definition) is 0. The fraction of sp³-hybridized carbons (Fsp3) is 0.280. The summed E-state index contributed by atoms with van der Waals surface area (Å²) in [5, 5.41) is 0.